The van der Waals surface area contributed by atoms with E-state index in [1.807, 2.05) is 24.3 Å². The lowest BCUT2D eigenvalue weighted by Crippen LogP contribution is -2.61. The molecule has 3 amide bonds. The summed E-state index contributed by atoms with van der Waals surface area (Å²) in [7, 11) is 0. The molecule has 6 nitrogen and oxygen atoms in total. The van der Waals surface area contributed by atoms with Crippen LogP contribution in [0.2, 0.25) is 0 Å². The Labute approximate surface area is 147 Å². The molecule has 0 aromatic heterocycles. The molecule has 25 heavy (non-hydrogen) atoms. The summed E-state index contributed by atoms with van der Waals surface area (Å²) in [5, 5.41) is 0. The van der Waals surface area contributed by atoms with E-state index in [1.54, 1.807) is 14.7 Å². The molecule has 0 bridgehead atoms. The van der Waals surface area contributed by atoms with E-state index in [-0.39, 0.29) is 36.7 Å². The van der Waals surface area contributed by atoms with Gasteiger partial charge in [-0.2, -0.15) is 0 Å². The van der Waals surface area contributed by atoms with Crippen LogP contribution in [0.5, 0.6) is 0 Å². The van der Waals surface area contributed by atoms with Crippen molar-refractivity contribution in [2.24, 2.45) is 0 Å². The number of benzene rings is 1. The van der Waals surface area contributed by atoms with Gasteiger partial charge in [-0.05, 0) is 37.3 Å². The highest BCUT2D eigenvalue weighted by Gasteiger charge is 2.40. The first kappa shape index (κ1) is 16.1. The van der Waals surface area contributed by atoms with Gasteiger partial charge in [-0.1, -0.05) is 18.2 Å². The number of nitrogens with zero attached hydrogens (tertiary/aromatic N) is 3. The highest BCUT2D eigenvalue weighted by Crippen LogP contribution is 2.28. The summed E-state index contributed by atoms with van der Waals surface area (Å²) in [6, 6.07) is 7.64. The SMILES string of the molecule is O=C1C2CCCCN2C(=O)CN1CCC(=O)N1CCc2ccccc21. The molecule has 6 heteroatoms. The molecule has 0 N–H and O–H groups in total. The van der Waals surface area contributed by atoms with Crippen LogP contribution in [-0.4, -0.2) is 59.7 Å². The minimum Gasteiger partial charge on any atom is -0.331 e. The number of para-hydroxylation sites is 1. The largest absolute Gasteiger partial charge is 0.331 e. The number of carbonyl (C=O) groups excluding carboxylic acids is 3. The molecule has 1 aromatic rings. The van der Waals surface area contributed by atoms with Crippen molar-refractivity contribution in [2.75, 3.05) is 31.1 Å². The second-order valence-electron chi connectivity index (χ2n) is 7.03. The van der Waals surface area contributed by atoms with Crippen LogP contribution in [-0.2, 0) is 20.8 Å². The van der Waals surface area contributed by atoms with E-state index in [9.17, 15) is 14.4 Å². The van der Waals surface area contributed by atoms with Gasteiger partial charge in [0.25, 0.3) is 0 Å². The van der Waals surface area contributed by atoms with Gasteiger partial charge < -0.3 is 14.7 Å². The van der Waals surface area contributed by atoms with E-state index in [2.05, 4.69) is 0 Å². The van der Waals surface area contributed by atoms with Gasteiger partial charge in [0, 0.05) is 31.7 Å². The van der Waals surface area contributed by atoms with Gasteiger partial charge >= 0.3 is 0 Å². The summed E-state index contributed by atoms with van der Waals surface area (Å²) in [5.74, 6) is 0.0495. The van der Waals surface area contributed by atoms with Crippen LogP contribution < -0.4 is 4.90 Å². The minimum atomic E-state index is -0.308. The second kappa shape index (κ2) is 6.50. The zero-order valence-electron chi connectivity index (χ0n) is 14.3. The summed E-state index contributed by atoms with van der Waals surface area (Å²) in [6.45, 7) is 1.82. The van der Waals surface area contributed by atoms with E-state index in [0.717, 1.165) is 31.4 Å². The summed E-state index contributed by atoms with van der Waals surface area (Å²) in [5.41, 5.74) is 2.17. The first-order valence-electron chi connectivity index (χ1n) is 9.11. The number of fused-ring (bicyclic) bond motifs is 2. The maximum Gasteiger partial charge on any atom is 0.245 e. The molecule has 3 aliphatic heterocycles. The van der Waals surface area contributed by atoms with Gasteiger partial charge in [0.2, 0.25) is 17.7 Å². The Morgan fingerprint density at radius 2 is 1.96 bits per heavy atom. The Morgan fingerprint density at radius 1 is 1.12 bits per heavy atom. The summed E-state index contributed by atoms with van der Waals surface area (Å²) >= 11 is 0. The van der Waals surface area contributed by atoms with Gasteiger partial charge in [-0.15, -0.1) is 0 Å². The number of hydrogen-bond donors (Lipinski definition) is 0. The third-order valence-corrected chi connectivity index (χ3v) is 5.53. The summed E-state index contributed by atoms with van der Waals surface area (Å²) in [6.07, 6.45) is 3.84. The Bertz CT molecular complexity index is 718. The minimum absolute atomic E-state index is 0.00826. The number of amides is 3. The van der Waals surface area contributed by atoms with Crippen molar-refractivity contribution >= 4 is 23.4 Å². The molecule has 132 valence electrons. The van der Waals surface area contributed by atoms with Crippen LogP contribution in [0.4, 0.5) is 5.69 Å². The van der Waals surface area contributed by atoms with Gasteiger partial charge in [0.1, 0.15) is 6.04 Å². The van der Waals surface area contributed by atoms with Crippen molar-refractivity contribution in [2.45, 2.75) is 38.1 Å². The van der Waals surface area contributed by atoms with Gasteiger partial charge in [0.15, 0.2) is 0 Å². The standard InChI is InChI=1S/C19H23N3O3/c23-17(22-12-8-14-5-1-2-6-15(14)22)9-11-20-13-18(24)21-10-4-3-7-16(21)19(20)25/h1-2,5-6,16H,3-4,7-13H2. The molecule has 0 aliphatic carbocycles. The highest BCUT2D eigenvalue weighted by atomic mass is 16.2. The quantitative estimate of drug-likeness (QED) is 0.830. The average molecular weight is 341 g/mol. The third-order valence-electron chi connectivity index (χ3n) is 5.53. The summed E-state index contributed by atoms with van der Waals surface area (Å²) < 4.78 is 0. The Hall–Kier alpha value is -2.37. The lowest BCUT2D eigenvalue weighted by molar-refractivity contribution is -0.157. The molecule has 3 heterocycles. The molecular formula is C19H23N3O3. The molecule has 1 aromatic carbocycles. The molecule has 0 spiro atoms. The van der Waals surface area contributed by atoms with E-state index < -0.39 is 0 Å². The zero-order valence-corrected chi connectivity index (χ0v) is 14.3. The number of piperidine rings is 1. The molecule has 3 aliphatic rings. The van der Waals surface area contributed by atoms with Crippen molar-refractivity contribution < 1.29 is 14.4 Å². The maximum atomic E-state index is 12.6. The smallest absolute Gasteiger partial charge is 0.245 e. The third kappa shape index (κ3) is 2.90. The second-order valence-corrected chi connectivity index (χ2v) is 7.03. The van der Waals surface area contributed by atoms with Crippen molar-refractivity contribution in [3.63, 3.8) is 0 Å². The number of piperazine rings is 1. The highest BCUT2D eigenvalue weighted by molar-refractivity contribution is 5.97. The van der Waals surface area contributed by atoms with E-state index in [1.165, 1.54) is 5.56 Å². The fourth-order valence-corrected chi connectivity index (χ4v) is 4.18. The molecule has 0 saturated carbocycles. The number of rotatable bonds is 3. The first-order valence-corrected chi connectivity index (χ1v) is 9.11. The zero-order chi connectivity index (χ0) is 17.4. The monoisotopic (exact) mass is 341 g/mol. The van der Waals surface area contributed by atoms with Crippen LogP contribution >= 0.6 is 0 Å². The van der Waals surface area contributed by atoms with Gasteiger partial charge in [-0.25, -0.2) is 0 Å². The number of hydrogen-bond acceptors (Lipinski definition) is 3. The molecule has 2 fully saturated rings. The number of carbonyl (C=O) groups is 3. The van der Waals surface area contributed by atoms with Gasteiger partial charge in [0.05, 0.1) is 6.54 Å². The Balaban J connectivity index is 1.39. The molecule has 1 atom stereocenters. The van der Waals surface area contributed by atoms with E-state index in [4.69, 9.17) is 0 Å². The van der Waals surface area contributed by atoms with Crippen LogP contribution in [0.15, 0.2) is 24.3 Å². The van der Waals surface area contributed by atoms with Crippen molar-refractivity contribution in [1.82, 2.24) is 9.80 Å². The van der Waals surface area contributed by atoms with Gasteiger partial charge in [-0.3, -0.25) is 14.4 Å². The predicted octanol–water partition coefficient (Wildman–Crippen LogP) is 1.19. The fourth-order valence-electron chi connectivity index (χ4n) is 4.18. The van der Waals surface area contributed by atoms with Crippen LogP contribution in [0.3, 0.4) is 0 Å². The van der Waals surface area contributed by atoms with Crippen molar-refractivity contribution in [3.8, 4) is 0 Å². The van der Waals surface area contributed by atoms with Crippen molar-refractivity contribution in [3.05, 3.63) is 29.8 Å². The maximum absolute atomic E-state index is 12.6. The van der Waals surface area contributed by atoms with Crippen molar-refractivity contribution in [1.29, 1.82) is 0 Å². The summed E-state index contributed by atoms with van der Waals surface area (Å²) in [4.78, 5) is 42.6. The first-order chi connectivity index (χ1) is 12.1. The number of anilines is 1. The van der Waals surface area contributed by atoms with E-state index in [0.29, 0.717) is 19.6 Å². The molecule has 0 radical (unpaired) electrons. The van der Waals surface area contributed by atoms with Crippen LogP contribution in [0, 0.1) is 0 Å². The van der Waals surface area contributed by atoms with Crippen LogP contribution in [0.1, 0.15) is 31.2 Å². The normalized spacial score (nSPS) is 22.9. The fraction of sp³-hybridized carbons (Fsp3) is 0.526. The topological polar surface area (TPSA) is 60.9 Å². The molecule has 4 rings (SSSR count). The Morgan fingerprint density at radius 3 is 2.84 bits per heavy atom. The predicted molar refractivity (Wildman–Crippen MR) is 93.0 cm³/mol. The average Bonchev–Trinajstić information content (AvgIpc) is 3.07. The molecule has 2 saturated heterocycles. The molecular weight excluding hydrogens is 318 g/mol. The Kier molecular flexibility index (Phi) is 4.19. The van der Waals surface area contributed by atoms with E-state index >= 15 is 0 Å². The molecule has 1 unspecified atom stereocenters. The lowest BCUT2D eigenvalue weighted by Gasteiger charge is -2.42. The van der Waals surface area contributed by atoms with Crippen LogP contribution in [0.25, 0.3) is 0 Å². The lowest BCUT2D eigenvalue weighted by atomic mass is 9.98.